The van der Waals surface area contributed by atoms with E-state index in [1.165, 1.54) is 71.1 Å². The van der Waals surface area contributed by atoms with E-state index in [9.17, 15) is 0 Å². The van der Waals surface area contributed by atoms with E-state index in [-0.39, 0.29) is 0 Å². The summed E-state index contributed by atoms with van der Waals surface area (Å²) in [4.78, 5) is 2.73. The molecule has 0 spiro atoms. The van der Waals surface area contributed by atoms with Gasteiger partial charge in [-0.05, 0) is 63.6 Å². The van der Waals surface area contributed by atoms with Gasteiger partial charge in [0.05, 0.1) is 0 Å². The Morgan fingerprint density at radius 1 is 1.12 bits per heavy atom. The van der Waals surface area contributed by atoms with Crippen molar-refractivity contribution in [1.82, 2.24) is 10.2 Å². The molecule has 0 aromatic carbocycles. The molecule has 2 heteroatoms. The molecule has 1 unspecified atom stereocenters. The van der Waals surface area contributed by atoms with Crippen molar-refractivity contribution < 1.29 is 0 Å². The molecule has 1 heterocycles. The summed E-state index contributed by atoms with van der Waals surface area (Å²) in [6, 6.07) is 0.823. The van der Waals surface area contributed by atoms with Crippen molar-refractivity contribution in [1.29, 1.82) is 0 Å². The Kier molecular flexibility index (Phi) is 3.49. The molecule has 2 aliphatic carbocycles. The Hall–Kier alpha value is -0.0800. The Morgan fingerprint density at radius 2 is 2.00 bits per heavy atom. The van der Waals surface area contributed by atoms with Crippen LogP contribution in [0, 0.1) is 11.8 Å². The average Bonchev–Trinajstić information content (AvgIpc) is 3.16. The Bertz CT molecular complexity index is 221. The summed E-state index contributed by atoms with van der Waals surface area (Å²) in [5.74, 6) is 2.13. The Labute approximate surface area is 99.8 Å². The molecule has 0 radical (unpaired) electrons. The largest absolute Gasteiger partial charge is 0.312 e. The molecule has 3 fully saturated rings. The summed E-state index contributed by atoms with van der Waals surface area (Å²) in [7, 11) is 0. The molecule has 3 rings (SSSR count). The molecule has 2 nitrogen and oxygen atoms in total. The minimum Gasteiger partial charge on any atom is -0.312 e. The van der Waals surface area contributed by atoms with Crippen LogP contribution in [0.1, 0.15) is 44.9 Å². The summed E-state index contributed by atoms with van der Waals surface area (Å²) in [5.41, 5.74) is 0. The van der Waals surface area contributed by atoms with E-state index in [0.717, 1.165) is 17.9 Å². The highest BCUT2D eigenvalue weighted by atomic mass is 15.2. The fraction of sp³-hybridized carbons (Fsp3) is 1.00. The van der Waals surface area contributed by atoms with Gasteiger partial charge in [-0.2, -0.15) is 0 Å². The molecule has 3 aliphatic rings. The maximum absolute atomic E-state index is 3.74. The van der Waals surface area contributed by atoms with Gasteiger partial charge in [-0.15, -0.1) is 0 Å². The standard InChI is InChI=1S/C14H26N2/c1(3-12-4-5-12)9-16-10-2-8-15-14(11-16)13-6-7-13/h12-15H,1-11H2. The maximum Gasteiger partial charge on any atom is 0.0223 e. The van der Waals surface area contributed by atoms with E-state index in [2.05, 4.69) is 10.2 Å². The van der Waals surface area contributed by atoms with Gasteiger partial charge in [0.25, 0.3) is 0 Å². The molecule has 1 aliphatic heterocycles. The second-order valence-corrected chi connectivity index (χ2v) is 6.14. The van der Waals surface area contributed by atoms with Crippen molar-refractivity contribution in [2.75, 3.05) is 26.2 Å². The Morgan fingerprint density at radius 3 is 2.75 bits per heavy atom. The predicted molar refractivity (Wildman–Crippen MR) is 67.5 cm³/mol. The quantitative estimate of drug-likeness (QED) is 0.767. The summed E-state index contributed by atoms with van der Waals surface area (Å²) < 4.78 is 0. The van der Waals surface area contributed by atoms with Crippen molar-refractivity contribution in [2.24, 2.45) is 11.8 Å². The fourth-order valence-electron chi connectivity index (χ4n) is 3.05. The van der Waals surface area contributed by atoms with Gasteiger partial charge in [-0.1, -0.05) is 12.8 Å². The van der Waals surface area contributed by atoms with Crippen LogP contribution in [-0.2, 0) is 0 Å². The summed E-state index contributed by atoms with van der Waals surface area (Å²) >= 11 is 0. The highest BCUT2D eigenvalue weighted by molar-refractivity contribution is 4.90. The van der Waals surface area contributed by atoms with E-state index in [1.54, 1.807) is 0 Å². The molecule has 0 aromatic rings. The van der Waals surface area contributed by atoms with Gasteiger partial charge in [0, 0.05) is 12.6 Å². The van der Waals surface area contributed by atoms with E-state index < -0.39 is 0 Å². The van der Waals surface area contributed by atoms with Gasteiger partial charge in [0.1, 0.15) is 0 Å². The monoisotopic (exact) mass is 222 g/mol. The minimum absolute atomic E-state index is 0.823. The molecule has 0 bridgehead atoms. The minimum atomic E-state index is 0.823. The zero-order chi connectivity index (χ0) is 10.8. The normalized spacial score (nSPS) is 32.6. The van der Waals surface area contributed by atoms with Gasteiger partial charge in [0.15, 0.2) is 0 Å². The van der Waals surface area contributed by atoms with Crippen LogP contribution in [0.15, 0.2) is 0 Å². The molecule has 0 aromatic heterocycles. The van der Waals surface area contributed by atoms with Crippen LogP contribution in [0.25, 0.3) is 0 Å². The van der Waals surface area contributed by atoms with Crippen LogP contribution in [0.4, 0.5) is 0 Å². The van der Waals surface area contributed by atoms with Crippen molar-refractivity contribution in [3.63, 3.8) is 0 Å². The Balaban J connectivity index is 1.40. The van der Waals surface area contributed by atoms with Crippen LogP contribution < -0.4 is 5.32 Å². The smallest absolute Gasteiger partial charge is 0.0223 e. The zero-order valence-electron chi connectivity index (χ0n) is 10.5. The summed E-state index contributed by atoms with van der Waals surface area (Å²) in [5, 5.41) is 3.74. The third-order valence-electron chi connectivity index (χ3n) is 4.49. The van der Waals surface area contributed by atoms with Gasteiger partial charge in [-0.3, -0.25) is 0 Å². The molecule has 1 saturated heterocycles. The van der Waals surface area contributed by atoms with Crippen molar-refractivity contribution in [2.45, 2.75) is 51.0 Å². The van der Waals surface area contributed by atoms with E-state index in [1.807, 2.05) is 0 Å². The van der Waals surface area contributed by atoms with Crippen LogP contribution in [0.3, 0.4) is 0 Å². The molecule has 1 N–H and O–H groups in total. The maximum atomic E-state index is 3.74. The molecule has 16 heavy (non-hydrogen) atoms. The second-order valence-electron chi connectivity index (χ2n) is 6.14. The third-order valence-corrected chi connectivity index (χ3v) is 4.49. The predicted octanol–water partition coefficient (Wildman–Crippen LogP) is 2.25. The molecule has 0 amide bonds. The van der Waals surface area contributed by atoms with Crippen LogP contribution in [0.5, 0.6) is 0 Å². The SMILES string of the molecule is C1CNC(C2CC2)CN(CCCC2CC2)C1. The topological polar surface area (TPSA) is 15.3 Å². The summed E-state index contributed by atoms with van der Waals surface area (Å²) in [6.45, 7) is 5.28. The zero-order valence-corrected chi connectivity index (χ0v) is 10.5. The molecule has 92 valence electrons. The molecule has 1 atom stereocenters. The average molecular weight is 222 g/mol. The van der Waals surface area contributed by atoms with Crippen molar-refractivity contribution in [3.05, 3.63) is 0 Å². The lowest BCUT2D eigenvalue weighted by atomic mass is 10.1. The summed E-state index contributed by atoms with van der Waals surface area (Å²) in [6.07, 6.45) is 10.3. The first-order valence-electron chi connectivity index (χ1n) is 7.37. The van der Waals surface area contributed by atoms with Gasteiger partial charge in [0.2, 0.25) is 0 Å². The molecular formula is C14H26N2. The van der Waals surface area contributed by atoms with Crippen molar-refractivity contribution in [3.8, 4) is 0 Å². The molecule has 2 saturated carbocycles. The van der Waals surface area contributed by atoms with E-state index >= 15 is 0 Å². The number of nitrogens with zero attached hydrogens (tertiary/aromatic N) is 1. The lowest BCUT2D eigenvalue weighted by Crippen LogP contribution is -2.39. The van der Waals surface area contributed by atoms with Gasteiger partial charge in [-0.25, -0.2) is 0 Å². The lowest BCUT2D eigenvalue weighted by Gasteiger charge is -2.24. The fourth-order valence-corrected chi connectivity index (χ4v) is 3.05. The van der Waals surface area contributed by atoms with Gasteiger partial charge < -0.3 is 10.2 Å². The first-order valence-corrected chi connectivity index (χ1v) is 7.37. The van der Waals surface area contributed by atoms with E-state index in [4.69, 9.17) is 0 Å². The number of hydrogen-bond acceptors (Lipinski definition) is 2. The number of rotatable bonds is 5. The second kappa shape index (κ2) is 5.05. The number of hydrogen-bond donors (Lipinski definition) is 1. The van der Waals surface area contributed by atoms with Crippen LogP contribution >= 0.6 is 0 Å². The first kappa shape index (κ1) is 11.0. The van der Waals surface area contributed by atoms with E-state index in [0.29, 0.717) is 0 Å². The van der Waals surface area contributed by atoms with Crippen molar-refractivity contribution >= 4 is 0 Å². The van der Waals surface area contributed by atoms with Gasteiger partial charge >= 0.3 is 0 Å². The highest BCUT2D eigenvalue weighted by Gasteiger charge is 2.32. The number of nitrogens with one attached hydrogen (secondary N) is 1. The van der Waals surface area contributed by atoms with Crippen LogP contribution in [0.2, 0.25) is 0 Å². The third kappa shape index (κ3) is 3.21. The first-order chi connectivity index (χ1) is 7.92. The highest BCUT2D eigenvalue weighted by Crippen LogP contribution is 2.34. The molecular weight excluding hydrogens is 196 g/mol. The lowest BCUT2D eigenvalue weighted by molar-refractivity contribution is 0.252. The van der Waals surface area contributed by atoms with Crippen LogP contribution in [-0.4, -0.2) is 37.1 Å².